The van der Waals surface area contributed by atoms with Gasteiger partial charge in [0.15, 0.2) is 0 Å². The molecule has 17 heavy (non-hydrogen) atoms. The van der Waals surface area contributed by atoms with E-state index in [9.17, 15) is 4.79 Å². The number of hydrogen-bond acceptors (Lipinski definition) is 3. The smallest absolute Gasteiger partial charge is 0.319 e. The second-order valence-corrected chi connectivity index (χ2v) is 5.86. The number of ether oxygens (including phenoxy) is 2. The summed E-state index contributed by atoms with van der Waals surface area (Å²) in [7, 11) is 1.43. The Labute approximate surface area is 112 Å². The Balaban J connectivity index is 2.19. The van der Waals surface area contributed by atoms with Gasteiger partial charge in [0.25, 0.3) is 0 Å². The molecule has 1 fully saturated rings. The first-order valence-electron chi connectivity index (χ1n) is 6.50. The molecule has 0 heterocycles. The highest BCUT2D eigenvalue weighted by Crippen LogP contribution is 2.33. The summed E-state index contributed by atoms with van der Waals surface area (Å²) in [6, 6.07) is 0. The number of methoxy groups -OCH3 is 1. The number of unbranched alkanes of at least 4 members (excludes halogenated alkanes) is 1. The standard InChI is InChI=1S/C13H23BrO3/c1-3-4-7-17-11-6-5-10(8-11)9-12(14)13(15)16-2/h10-12H,3-9H2,1-2H3/t10-,11?,12?/m1/s1. The van der Waals surface area contributed by atoms with E-state index in [0.29, 0.717) is 12.0 Å². The Bertz CT molecular complexity index is 233. The van der Waals surface area contributed by atoms with Crippen molar-refractivity contribution < 1.29 is 14.3 Å². The Morgan fingerprint density at radius 2 is 2.24 bits per heavy atom. The summed E-state index contributed by atoms with van der Waals surface area (Å²) in [5.41, 5.74) is 0. The van der Waals surface area contributed by atoms with Crippen LogP contribution in [-0.2, 0) is 14.3 Å². The third-order valence-corrected chi connectivity index (χ3v) is 4.09. The molecule has 0 aromatic carbocycles. The summed E-state index contributed by atoms with van der Waals surface area (Å²) in [6.07, 6.45) is 6.98. The molecule has 0 aromatic heterocycles. The van der Waals surface area contributed by atoms with Crippen LogP contribution >= 0.6 is 15.9 Å². The predicted molar refractivity (Wildman–Crippen MR) is 71.3 cm³/mol. The maximum atomic E-state index is 11.3. The number of hydrogen-bond donors (Lipinski definition) is 0. The lowest BCUT2D eigenvalue weighted by atomic mass is 10.0. The van der Waals surface area contributed by atoms with Gasteiger partial charge in [-0.2, -0.15) is 0 Å². The van der Waals surface area contributed by atoms with Gasteiger partial charge in [0.2, 0.25) is 0 Å². The van der Waals surface area contributed by atoms with Crippen molar-refractivity contribution in [2.45, 2.75) is 56.4 Å². The Morgan fingerprint density at radius 3 is 2.88 bits per heavy atom. The maximum absolute atomic E-state index is 11.3. The zero-order valence-corrected chi connectivity index (χ0v) is 12.4. The van der Waals surface area contributed by atoms with Gasteiger partial charge in [-0.15, -0.1) is 0 Å². The Morgan fingerprint density at radius 1 is 1.47 bits per heavy atom. The SMILES string of the molecule is CCCCOC1CC[C@@H](CC(Br)C(=O)OC)C1. The van der Waals surface area contributed by atoms with E-state index in [-0.39, 0.29) is 10.8 Å². The van der Waals surface area contributed by atoms with E-state index in [1.807, 2.05) is 0 Å². The van der Waals surface area contributed by atoms with Crippen LogP contribution in [0.5, 0.6) is 0 Å². The molecule has 0 N–H and O–H groups in total. The minimum Gasteiger partial charge on any atom is -0.468 e. The molecule has 1 saturated carbocycles. The molecule has 1 aliphatic carbocycles. The first-order chi connectivity index (χ1) is 8.17. The zero-order chi connectivity index (χ0) is 12.7. The van der Waals surface area contributed by atoms with Gasteiger partial charge in [0.1, 0.15) is 4.83 Å². The molecule has 0 aliphatic heterocycles. The van der Waals surface area contributed by atoms with Crippen molar-refractivity contribution in [3.05, 3.63) is 0 Å². The van der Waals surface area contributed by atoms with Crippen LogP contribution in [0.3, 0.4) is 0 Å². The van der Waals surface area contributed by atoms with Crippen molar-refractivity contribution in [2.24, 2.45) is 5.92 Å². The van der Waals surface area contributed by atoms with E-state index in [0.717, 1.165) is 38.7 Å². The second kappa shape index (κ2) is 8.09. The van der Waals surface area contributed by atoms with Crippen LogP contribution in [0, 0.1) is 5.92 Å². The maximum Gasteiger partial charge on any atom is 0.319 e. The Hall–Kier alpha value is -0.0900. The number of rotatable bonds is 7. The van der Waals surface area contributed by atoms with E-state index in [4.69, 9.17) is 9.47 Å². The molecule has 3 atom stereocenters. The molecule has 0 saturated heterocycles. The first kappa shape index (κ1) is 15.0. The fourth-order valence-electron chi connectivity index (χ4n) is 2.31. The van der Waals surface area contributed by atoms with Crippen molar-refractivity contribution in [1.29, 1.82) is 0 Å². The number of halogens is 1. The van der Waals surface area contributed by atoms with Crippen molar-refractivity contribution in [2.75, 3.05) is 13.7 Å². The molecule has 100 valence electrons. The van der Waals surface area contributed by atoms with Crippen LogP contribution in [0.15, 0.2) is 0 Å². The number of carbonyl (C=O) groups is 1. The van der Waals surface area contributed by atoms with Crippen LogP contribution in [0.1, 0.15) is 45.4 Å². The van der Waals surface area contributed by atoms with E-state index in [2.05, 4.69) is 22.9 Å². The largest absolute Gasteiger partial charge is 0.468 e. The lowest BCUT2D eigenvalue weighted by Crippen LogP contribution is -2.19. The van der Waals surface area contributed by atoms with Gasteiger partial charge < -0.3 is 9.47 Å². The molecule has 0 amide bonds. The predicted octanol–water partition coefficient (Wildman–Crippen LogP) is 3.30. The monoisotopic (exact) mass is 306 g/mol. The molecule has 1 aliphatic rings. The lowest BCUT2D eigenvalue weighted by molar-refractivity contribution is -0.140. The van der Waals surface area contributed by atoms with Crippen molar-refractivity contribution in [1.82, 2.24) is 0 Å². The molecule has 4 heteroatoms. The minimum absolute atomic E-state index is 0.160. The molecular formula is C13H23BrO3. The van der Waals surface area contributed by atoms with E-state index < -0.39 is 0 Å². The zero-order valence-electron chi connectivity index (χ0n) is 10.8. The van der Waals surface area contributed by atoms with Crippen molar-refractivity contribution >= 4 is 21.9 Å². The molecule has 0 spiro atoms. The summed E-state index contributed by atoms with van der Waals surface area (Å²) in [5, 5.41) is 0. The molecule has 0 aromatic rings. The van der Waals surface area contributed by atoms with E-state index in [1.165, 1.54) is 13.5 Å². The van der Waals surface area contributed by atoms with E-state index >= 15 is 0 Å². The normalized spacial score (nSPS) is 25.8. The van der Waals surface area contributed by atoms with Gasteiger partial charge in [-0.3, -0.25) is 4.79 Å². The highest BCUT2D eigenvalue weighted by molar-refractivity contribution is 9.10. The molecule has 1 rings (SSSR count). The summed E-state index contributed by atoms with van der Waals surface area (Å²) in [6.45, 7) is 3.05. The highest BCUT2D eigenvalue weighted by Gasteiger charge is 2.29. The quantitative estimate of drug-likeness (QED) is 0.411. The average molecular weight is 307 g/mol. The Kier molecular flexibility index (Phi) is 7.12. The average Bonchev–Trinajstić information content (AvgIpc) is 2.76. The minimum atomic E-state index is -0.166. The first-order valence-corrected chi connectivity index (χ1v) is 7.42. The third kappa shape index (κ3) is 5.38. The van der Waals surface area contributed by atoms with E-state index in [1.54, 1.807) is 0 Å². The van der Waals surface area contributed by atoms with Gasteiger partial charge in [-0.25, -0.2) is 0 Å². The van der Waals surface area contributed by atoms with Crippen LogP contribution < -0.4 is 0 Å². The molecule has 2 unspecified atom stereocenters. The van der Waals surface area contributed by atoms with Crippen molar-refractivity contribution in [3.63, 3.8) is 0 Å². The van der Waals surface area contributed by atoms with Crippen LogP contribution in [0.2, 0.25) is 0 Å². The van der Waals surface area contributed by atoms with Gasteiger partial charge in [0.05, 0.1) is 13.2 Å². The topological polar surface area (TPSA) is 35.5 Å². The number of alkyl halides is 1. The van der Waals surface area contributed by atoms with Crippen LogP contribution in [0.25, 0.3) is 0 Å². The molecule has 0 bridgehead atoms. The lowest BCUT2D eigenvalue weighted by Gasteiger charge is -2.14. The highest BCUT2D eigenvalue weighted by atomic mass is 79.9. The van der Waals surface area contributed by atoms with Gasteiger partial charge in [-0.05, 0) is 38.0 Å². The second-order valence-electron chi connectivity index (χ2n) is 4.75. The van der Waals surface area contributed by atoms with Gasteiger partial charge in [0, 0.05) is 6.61 Å². The molecule has 3 nitrogen and oxygen atoms in total. The third-order valence-electron chi connectivity index (χ3n) is 3.34. The summed E-state index contributed by atoms with van der Waals surface area (Å²) in [5.74, 6) is 0.422. The molecular weight excluding hydrogens is 284 g/mol. The molecule has 0 radical (unpaired) electrons. The fourth-order valence-corrected chi connectivity index (χ4v) is 3.02. The fraction of sp³-hybridized carbons (Fsp3) is 0.923. The number of carbonyl (C=O) groups excluding carboxylic acids is 1. The summed E-state index contributed by atoms with van der Waals surface area (Å²) in [4.78, 5) is 11.1. The van der Waals surface area contributed by atoms with Gasteiger partial charge >= 0.3 is 5.97 Å². The summed E-state index contributed by atoms with van der Waals surface area (Å²) >= 11 is 3.38. The van der Waals surface area contributed by atoms with Crippen molar-refractivity contribution in [3.8, 4) is 0 Å². The number of esters is 1. The summed E-state index contributed by atoms with van der Waals surface area (Å²) < 4.78 is 10.5. The van der Waals surface area contributed by atoms with Crippen LogP contribution in [-0.4, -0.2) is 30.6 Å². The van der Waals surface area contributed by atoms with Gasteiger partial charge in [-0.1, -0.05) is 29.3 Å². The van der Waals surface area contributed by atoms with Crippen LogP contribution in [0.4, 0.5) is 0 Å².